The fraction of sp³-hybridized carbons (Fsp3) is 0.211. The molecule has 1 aromatic heterocycles. The zero-order valence-corrected chi connectivity index (χ0v) is 14.8. The van der Waals surface area contributed by atoms with Gasteiger partial charge >= 0.3 is 11.9 Å². The topological polar surface area (TPSA) is 114 Å². The Morgan fingerprint density at radius 1 is 1.26 bits per heavy atom. The van der Waals surface area contributed by atoms with E-state index < -0.39 is 17.9 Å². The fourth-order valence-electron chi connectivity index (χ4n) is 3.30. The van der Waals surface area contributed by atoms with E-state index in [2.05, 4.69) is 10.3 Å². The van der Waals surface area contributed by atoms with Crippen LogP contribution in [0, 0.1) is 0 Å². The van der Waals surface area contributed by atoms with Crippen LogP contribution in [0.3, 0.4) is 0 Å². The summed E-state index contributed by atoms with van der Waals surface area (Å²) in [6, 6.07) is 7.09. The number of carboxylic acid groups (broad SMARTS) is 2. The molecule has 3 rings (SSSR count). The van der Waals surface area contributed by atoms with Crippen LogP contribution < -0.4 is 5.32 Å². The third-order valence-electron chi connectivity index (χ3n) is 4.40. The highest BCUT2D eigenvalue weighted by Gasteiger charge is 2.37. The zero-order chi connectivity index (χ0) is 19.6. The van der Waals surface area contributed by atoms with Crippen molar-refractivity contribution >= 4 is 11.9 Å². The predicted molar refractivity (Wildman–Crippen MR) is 96.3 cm³/mol. The number of carbonyl (C=O) groups is 2. The molecule has 0 bridgehead atoms. The van der Waals surface area contributed by atoms with Gasteiger partial charge < -0.3 is 24.8 Å². The fourth-order valence-corrected chi connectivity index (χ4v) is 3.30. The Morgan fingerprint density at radius 3 is 2.59 bits per heavy atom. The van der Waals surface area contributed by atoms with Gasteiger partial charge in [0.1, 0.15) is 0 Å². The lowest BCUT2D eigenvalue weighted by molar-refractivity contribution is -0.133. The number of nitrogens with one attached hydrogen (secondary N) is 1. The van der Waals surface area contributed by atoms with Gasteiger partial charge in [0.15, 0.2) is 0 Å². The summed E-state index contributed by atoms with van der Waals surface area (Å²) in [5.74, 6) is -3.30. The van der Waals surface area contributed by atoms with Crippen molar-refractivity contribution in [1.82, 2.24) is 14.9 Å². The SMILES string of the molecule is COCC1=C(C(=O)O)C(c2cccc(-n3ccnc3)c2)C(C(=O)O)=C(C)N1. The van der Waals surface area contributed by atoms with E-state index in [-0.39, 0.29) is 17.8 Å². The third kappa shape index (κ3) is 3.47. The molecule has 27 heavy (non-hydrogen) atoms. The molecule has 2 aromatic rings. The zero-order valence-electron chi connectivity index (χ0n) is 14.8. The maximum atomic E-state index is 12.0. The van der Waals surface area contributed by atoms with Crippen LogP contribution in [0.4, 0.5) is 0 Å². The average molecular weight is 369 g/mol. The minimum atomic E-state index is -1.20. The molecule has 0 radical (unpaired) electrons. The van der Waals surface area contributed by atoms with E-state index in [1.807, 2.05) is 6.07 Å². The van der Waals surface area contributed by atoms with Crippen LogP contribution in [0.1, 0.15) is 18.4 Å². The van der Waals surface area contributed by atoms with E-state index in [1.54, 1.807) is 48.4 Å². The Kier molecular flexibility index (Phi) is 5.09. The largest absolute Gasteiger partial charge is 0.478 e. The van der Waals surface area contributed by atoms with Gasteiger partial charge in [0.2, 0.25) is 0 Å². The summed E-state index contributed by atoms with van der Waals surface area (Å²) in [7, 11) is 1.45. The lowest BCUT2D eigenvalue weighted by atomic mass is 9.80. The number of hydrogen-bond donors (Lipinski definition) is 3. The van der Waals surface area contributed by atoms with Crippen molar-refractivity contribution in [1.29, 1.82) is 0 Å². The van der Waals surface area contributed by atoms with Gasteiger partial charge in [0.25, 0.3) is 0 Å². The van der Waals surface area contributed by atoms with Crippen LogP contribution in [-0.2, 0) is 14.3 Å². The lowest BCUT2D eigenvalue weighted by Gasteiger charge is -2.30. The number of methoxy groups -OCH3 is 1. The van der Waals surface area contributed by atoms with Crippen molar-refractivity contribution in [2.45, 2.75) is 12.8 Å². The quantitative estimate of drug-likeness (QED) is 0.712. The molecule has 1 aromatic carbocycles. The van der Waals surface area contributed by atoms with Crippen LogP contribution in [0.5, 0.6) is 0 Å². The van der Waals surface area contributed by atoms with E-state index >= 15 is 0 Å². The summed E-state index contributed by atoms with van der Waals surface area (Å²) in [5.41, 5.74) is 2.00. The van der Waals surface area contributed by atoms with Gasteiger partial charge in [-0.05, 0) is 24.6 Å². The predicted octanol–water partition coefficient (Wildman–Crippen LogP) is 1.90. The molecule has 2 heterocycles. The molecule has 1 atom stereocenters. The van der Waals surface area contributed by atoms with Crippen molar-refractivity contribution < 1.29 is 24.5 Å². The first-order chi connectivity index (χ1) is 12.9. The number of aliphatic carboxylic acids is 2. The summed E-state index contributed by atoms with van der Waals surface area (Å²) < 4.78 is 6.87. The number of dihydropyridines is 1. The molecule has 1 unspecified atom stereocenters. The highest BCUT2D eigenvalue weighted by atomic mass is 16.5. The first-order valence-corrected chi connectivity index (χ1v) is 8.18. The standard InChI is InChI=1S/C19H19N3O5/c1-11-15(18(23)24)16(17(19(25)26)14(21-11)9-27-2)12-4-3-5-13(8-12)22-7-6-20-10-22/h3-8,10,16,21H,9H2,1-2H3,(H,23,24)(H,25,26). The molecular formula is C19H19N3O5. The summed E-state index contributed by atoms with van der Waals surface area (Å²) in [6.07, 6.45) is 5.00. The maximum absolute atomic E-state index is 12.0. The van der Waals surface area contributed by atoms with Gasteiger partial charge in [0, 0.05) is 30.9 Å². The molecular weight excluding hydrogens is 350 g/mol. The van der Waals surface area contributed by atoms with Crippen LogP contribution in [-0.4, -0.2) is 45.4 Å². The molecule has 8 heteroatoms. The van der Waals surface area contributed by atoms with Crippen LogP contribution >= 0.6 is 0 Å². The van der Waals surface area contributed by atoms with E-state index in [0.717, 1.165) is 5.69 Å². The summed E-state index contributed by atoms with van der Waals surface area (Å²) in [6.45, 7) is 1.65. The van der Waals surface area contributed by atoms with Crippen molar-refractivity contribution in [2.24, 2.45) is 0 Å². The minimum Gasteiger partial charge on any atom is -0.478 e. The van der Waals surface area contributed by atoms with Gasteiger partial charge in [-0.3, -0.25) is 0 Å². The molecule has 1 aliphatic rings. The third-order valence-corrected chi connectivity index (χ3v) is 4.40. The monoisotopic (exact) mass is 369 g/mol. The van der Waals surface area contributed by atoms with Crippen LogP contribution in [0.2, 0.25) is 0 Å². The van der Waals surface area contributed by atoms with E-state index in [4.69, 9.17) is 4.74 Å². The number of aromatic nitrogens is 2. The minimum absolute atomic E-state index is 0.00460. The smallest absolute Gasteiger partial charge is 0.334 e. The Balaban J connectivity index is 2.21. The molecule has 0 saturated heterocycles. The summed E-state index contributed by atoms with van der Waals surface area (Å²) in [5, 5.41) is 22.5. The maximum Gasteiger partial charge on any atom is 0.334 e. The van der Waals surface area contributed by atoms with Crippen molar-refractivity contribution in [3.8, 4) is 5.69 Å². The molecule has 0 saturated carbocycles. The van der Waals surface area contributed by atoms with E-state index in [9.17, 15) is 19.8 Å². The Bertz CT molecular complexity index is 944. The number of benzene rings is 1. The second kappa shape index (κ2) is 7.46. The van der Waals surface area contributed by atoms with E-state index in [0.29, 0.717) is 17.0 Å². The normalized spacial score (nSPS) is 17.0. The Hall–Kier alpha value is -3.39. The van der Waals surface area contributed by atoms with Crippen molar-refractivity contribution in [3.63, 3.8) is 0 Å². The molecule has 1 aliphatic heterocycles. The second-order valence-electron chi connectivity index (χ2n) is 6.10. The van der Waals surface area contributed by atoms with Crippen LogP contribution in [0.25, 0.3) is 5.69 Å². The van der Waals surface area contributed by atoms with E-state index in [1.165, 1.54) is 7.11 Å². The van der Waals surface area contributed by atoms with Gasteiger partial charge in [0.05, 0.1) is 35.7 Å². The van der Waals surface area contributed by atoms with Crippen molar-refractivity contribution in [3.05, 3.63) is 71.1 Å². The van der Waals surface area contributed by atoms with Gasteiger partial charge in [-0.2, -0.15) is 0 Å². The first-order valence-electron chi connectivity index (χ1n) is 8.18. The van der Waals surface area contributed by atoms with Gasteiger partial charge in [-0.1, -0.05) is 12.1 Å². The Labute approximate surface area is 155 Å². The number of allylic oxidation sites excluding steroid dienone is 1. The summed E-state index contributed by atoms with van der Waals surface area (Å²) >= 11 is 0. The number of imidazole rings is 1. The highest BCUT2D eigenvalue weighted by Crippen LogP contribution is 2.38. The number of hydrogen-bond acceptors (Lipinski definition) is 5. The van der Waals surface area contributed by atoms with Crippen LogP contribution in [0.15, 0.2) is 65.5 Å². The molecule has 0 fully saturated rings. The number of nitrogens with zero attached hydrogens (tertiary/aromatic N) is 2. The second-order valence-corrected chi connectivity index (χ2v) is 6.10. The molecule has 0 aliphatic carbocycles. The molecule has 0 spiro atoms. The Morgan fingerprint density at radius 2 is 2.00 bits per heavy atom. The number of ether oxygens (including phenoxy) is 1. The lowest BCUT2D eigenvalue weighted by Crippen LogP contribution is -2.33. The summed E-state index contributed by atoms with van der Waals surface area (Å²) in [4.78, 5) is 28.0. The highest BCUT2D eigenvalue weighted by molar-refractivity contribution is 5.98. The van der Waals surface area contributed by atoms with Gasteiger partial charge in [-0.25, -0.2) is 14.6 Å². The molecule has 140 valence electrons. The molecule has 8 nitrogen and oxygen atoms in total. The average Bonchev–Trinajstić information content (AvgIpc) is 3.15. The molecule has 3 N–H and O–H groups in total. The van der Waals surface area contributed by atoms with Gasteiger partial charge in [-0.15, -0.1) is 0 Å². The first kappa shape index (κ1) is 18.4. The number of rotatable bonds is 6. The van der Waals surface area contributed by atoms with Crippen molar-refractivity contribution in [2.75, 3.05) is 13.7 Å². The molecule has 0 amide bonds. The number of carboxylic acids is 2.